The van der Waals surface area contributed by atoms with E-state index >= 15 is 0 Å². The molecule has 0 aliphatic carbocycles. The first kappa shape index (κ1) is 16.9. The van der Waals surface area contributed by atoms with Crippen LogP contribution < -0.4 is 14.2 Å². The van der Waals surface area contributed by atoms with Gasteiger partial charge in [-0.05, 0) is 31.4 Å². The molecule has 0 spiro atoms. The standard InChI is InChI=1S/C18H24N2O3/c1-5-6-7-8-12-23-18-19-13-15(20(18)2)14-10-9-11-16(21-3)17(14)22-4/h5,9-11,13H,1,6-8,12H2,2-4H3. The Morgan fingerprint density at radius 3 is 2.74 bits per heavy atom. The summed E-state index contributed by atoms with van der Waals surface area (Å²) in [5.74, 6) is 1.38. The Morgan fingerprint density at radius 1 is 1.22 bits per heavy atom. The third-order valence-corrected chi connectivity index (χ3v) is 3.66. The zero-order valence-electron chi connectivity index (χ0n) is 14.0. The van der Waals surface area contributed by atoms with Gasteiger partial charge in [0.1, 0.15) is 0 Å². The molecular weight excluding hydrogens is 292 g/mol. The zero-order chi connectivity index (χ0) is 16.7. The van der Waals surface area contributed by atoms with Crippen LogP contribution in [0.4, 0.5) is 0 Å². The molecule has 2 aromatic rings. The maximum absolute atomic E-state index is 5.76. The number of benzene rings is 1. The summed E-state index contributed by atoms with van der Waals surface area (Å²) in [4.78, 5) is 4.37. The van der Waals surface area contributed by atoms with Crippen LogP contribution >= 0.6 is 0 Å². The van der Waals surface area contributed by atoms with E-state index in [1.165, 1.54) is 0 Å². The average Bonchev–Trinajstić information content (AvgIpc) is 2.94. The quantitative estimate of drug-likeness (QED) is 0.521. The van der Waals surface area contributed by atoms with Crippen molar-refractivity contribution in [2.75, 3.05) is 20.8 Å². The van der Waals surface area contributed by atoms with Crippen molar-refractivity contribution in [1.82, 2.24) is 9.55 Å². The van der Waals surface area contributed by atoms with Crippen LogP contribution in [0, 0.1) is 0 Å². The Labute approximate surface area is 137 Å². The number of rotatable bonds is 9. The third-order valence-electron chi connectivity index (χ3n) is 3.66. The number of unbranched alkanes of at least 4 members (excludes halogenated alkanes) is 2. The zero-order valence-corrected chi connectivity index (χ0v) is 14.0. The fourth-order valence-electron chi connectivity index (χ4n) is 2.42. The molecule has 1 heterocycles. The van der Waals surface area contributed by atoms with Gasteiger partial charge in [0.25, 0.3) is 6.01 Å². The molecule has 1 aromatic carbocycles. The van der Waals surface area contributed by atoms with Crippen LogP contribution in [0.2, 0.25) is 0 Å². The fraction of sp³-hybridized carbons (Fsp3) is 0.389. The highest BCUT2D eigenvalue weighted by Gasteiger charge is 2.16. The number of hydrogen-bond donors (Lipinski definition) is 0. The number of aromatic nitrogens is 2. The molecule has 0 unspecified atom stereocenters. The predicted octanol–water partition coefficient (Wildman–Crippen LogP) is 3.84. The first-order valence-corrected chi connectivity index (χ1v) is 7.69. The molecule has 0 saturated heterocycles. The summed E-state index contributed by atoms with van der Waals surface area (Å²) in [5.41, 5.74) is 1.84. The summed E-state index contributed by atoms with van der Waals surface area (Å²) >= 11 is 0. The lowest BCUT2D eigenvalue weighted by Gasteiger charge is -2.13. The van der Waals surface area contributed by atoms with Crippen LogP contribution in [0.15, 0.2) is 37.1 Å². The minimum Gasteiger partial charge on any atom is -0.493 e. The lowest BCUT2D eigenvalue weighted by molar-refractivity contribution is 0.275. The van der Waals surface area contributed by atoms with Crippen LogP contribution in [0.3, 0.4) is 0 Å². The van der Waals surface area contributed by atoms with Gasteiger partial charge >= 0.3 is 0 Å². The van der Waals surface area contributed by atoms with E-state index in [1.807, 2.05) is 35.9 Å². The number of nitrogens with zero attached hydrogens (tertiary/aromatic N) is 2. The minimum absolute atomic E-state index is 0.600. The van der Waals surface area contributed by atoms with Crippen molar-refractivity contribution in [2.45, 2.75) is 19.3 Å². The third kappa shape index (κ3) is 3.86. The first-order valence-electron chi connectivity index (χ1n) is 7.69. The predicted molar refractivity (Wildman–Crippen MR) is 91.3 cm³/mol. The van der Waals surface area contributed by atoms with Gasteiger partial charge in [-0.15, -0.1) is 6.58 Å². The molecular formula is C18H24N2O3. The van der Waals surface area contributed by atoms with Crippen LogP contribution in [-0.2, 0) is 7.05 Å². The maximum atomic E-state index is 5.76. The van der Waals surface area contributed by atoms with Crippen molar-refractivity contribution >= 4 is 0 Å². The molecule has 0 N–H and O–H groups in total. The number of hydrogen-bond acceptors (Lipinski definition) is 4. The number of methoxy groups -OCH3 is 2. The number of imidazole rings is 1. The van der Waals surface area contributed by atoms with Crippen molar-refractivity contribution < 1.29 is 14.2 Å². The normalized spacial score (nSPS) is 10.4. The minimum atomic E-state index is 0.600. The molecule has 0 radical (unpaired) electrons. The van der Waals surface area contributed by atoms with Crippen LogP contribution in [-0.4, -0.2) is 30.4 Å². The van der Waals surface area contributed by atoms with E-state index in [1.54, 1.807) is 20.4 Å². The van der Waals surface area contributed by atoms with Crippen molar-refractivity contribution in [3.05, 3.63) is 37.1 Å². The molecule has 5 nitrogen and oxygen atoms in total. The van der Waals surface area contributed by atoms with Crippen molar-refractivity contribution in [2.24, 2.45) is 7.05 Å². The summed E-state index contributed by atoms with van der Waals surface area (Å²) in [6.07, 6.45) is 6.78. The smallest absolute Gasteiger partial charge is 0.296 e. The lowest BCUT2D eigenvalue weighted by atomic mass is 10.1. The van der Waals surface area contributed by atoms with Gasteiger partial charge in [-0.2, -0.15) is 0 Å². The van der Waals surface area contributed by atoms with Crippen LogP contribution in [0.1, 0.15) is 19.3 Å². The maximum Gasteiger partial charge on any atom is 0.296 e. The van der Waals surface area contributed by atoms with Crippen molar-refractivity contribution in [3.63, 3.8) is 0 Å². The van der Waals surface area contributed by atoms with E-state index in [9.17, 15) is 0 Å². The molecule has 0 aliphatic rings. The topological polar surface area (TPSA) is 45.5 Å². The van der Waals surface area contributed by atoms with E-state index in [2.05, 4.69) is 11.6 Å². The van der Waals surface area contributed by atoms with Gasteiger partial charge < -0.3 is 14.2 Å². The summed E-state index contributed by atoms with van der Waals surface area (Å²) in [5, 5.41) is 0. The number of para-hydroxylation sites is 1. The Hall–Kier alpha value is -2.43. The Kier molecular flexibility index (Phi) is 6.09. The van der Waals surface area contributed by atoms with Crippen LogP contribution in [0.5, 0.6) is 17.5 Å². The average molecular weight is 316 g/mol. The van der Waals surface area contributed by atoms with Crippen molar-refractivity contribution in [1.29, 1.82) is 0 Å². The molecule has 1 aromatic heterocycles. The molecule has 23 heavy (non-hydrogen) atoms. The first-order chi connectivity index (χ1) is 11.2. The second-order valence-corrected chi connectivity index (χ2v) is 5.16. The fourth-order valence-corrected chi connectivity index (χ4v) is 2.42. The Balaban J connectivity index is 2.17. The van der Waals surface area contributed by atoms with E-state index in [4.69, 9.17) is 14.2 Å². The number of allylic oxidation sites excluding steroid dienone is 1. The summed E-state index contributed by atoms with van der Waals surface area (Å²) in [7, 11) is 5.19. The summed E-state index contributed by atoms with van der Waals surface area (Å²) in [6, 6.07) is 6.38. The van der Waals surface area contributed by atoms with Crippen molar-refractivity contribution in [3.8, 4) is 28.8 Å². The van der Waals surface area contributed by atoms with Gasteiger partial charge in [-0.3, -0.25) is 4.57 Å². The van der Waals surface area contributed by atoms with Gasteiger partial charge in [-0.25, -0.2) is 4.98 Å². The number of ether oxygens (including phenoxy) is 3. The van der Waals surface area contributed by atoms with E-state index in [-0.39, 0.29) is 0 Å². The van der Waals surface area contributed by atoms with Gasteiger partial charge in [0.15, 0.2) is 11.5 Å². The van der Waals surface area contributed by atoms with Gasteiger partial charge in [0.05, 0.1) is 32.7 Å². The summed E-state index contributed by atoms with van der Waals surface area (Å²) < 4.78 is 18.5. The molecule has 0 atom stereocenters. The largest absolute Gasteiger partial charge is 0.493 e. The highest BCUT2D eigenvalue weighted by molar-refractivity contribution is 5.71. The second-order valence-electron chi connectivity index (χ2n) is 5.16. The highest BCUT2D eigenvalue weighted by atomic mass is 16.5. The molecule has 0 fully saturated rings. The van der Waals surface area contributed by atoms with E-state index in [0.717, 1.165) is 30.5 Å². The molecule has 124 valence electrons. The molecule has 0 aliphatic heterocycles. The Bertz CT molecular complexity index is 650. The van der Waals surface area contributed by atoms with E-state index < -0.39 is 0 Å². The highest BCUT2D eigenvalue weighted by Crippen LogP contribution is 2.38. The van der Waals surface area contributed by atoms with Crippen LogP contribution in [0.25, 0.3) is 11.3 Å². The van der Waals surface area contributed by atoms with Gasteiger partial charge in [-0.1, -0.05) is 12.1 Å². The molecule has 0 bridgehead atoms. The molecule has 0 saturated carbocycles. The monoisotopic (exact) mass is 316 g/mol. The molecule has 5 heteroatoms. The molecule has 0 amide bonds. The van der Waals surface area contributed by atoms with Gasteiger partial charge in [0, 0.05) is 12.6 Å². The second kappa shape index (κ2) is 8.27. The van der Waals surface area contributed by atoms with E-state index in [0.29, 0.717) is 24.1 Å². The molecule has 2 rings (SSSR count). The summed E-state index contributed by atoms with van der Waals surface area (Å²) in [6.45, 7) is 4.36. The van der Waals surface area contributed by atoms with Gasteiger partial charge in [0.2, 0.25) is 0 Å². The lowest BCUT2D eigenvalue weighted by Crippen LogP contribution is -2.03. The SMILES string of the molecule is C=CCCCCOc1ncc(-c2cccc(OC)c2OC)n1C. The Morgan fingerprint density at radius 2 is 2.04 bits per heavy atom.